The summed E-state index contributed by atoms with van der Waals surface area (Å²) in [5, 5.41) is 6.51. The lowest BCUT2D eigenvalue weighted by Gasteiger charge is -2.54. The summed E-state index contributed by atoms with van der Waals surface area (Å²) in [4.78, 5) is 4.39. The van der Waals surface area contributed by atoms with Crippen molar-refractivity contribution in [3.63, 3.8) is 0 Å². The van der Waals surface area contributed by atoms with E-state index in [1.54, 1.807) is 5.57 Å². The van der Waals surface area contributed by atoms with Crippen LogP contribution in [0.1, 0.15) is 82.6 Å². The van der Waals surface area contributed by atoms with Crippen molar-refractivity contribution < 1.29 is 4.74 Å². The summed E-state index contributed by atoms with van der Waals surface area (Å²) in [7, 11) is 0. The van der Waals surface area contributed by atoms with Gasteiger partial charge in [0.15, 0.2) is 0 Å². The van der Waals surface area contributed by atoms with Crippen molar-refractivity contribution in [2.75, 3.05) is 0 Å². The van der Waals surface area contributed by atoms with E-state index in [2.05, 4.69) is 53.6 Å². The number of allylic oxidation sites excluding steroid dienone is 1. The number of fused-ring (bicyclic) bond motifs is 2. The molecule has 3 saturated carbocycles. The summed E-state index contributed by atoms with van der Waals surface area (Å²) in [6, 6.07) is 10.7. The Hall–Kier alpha value is -1.97. The van der Waals surface area contributed by atoms with E-state index in [1.165, 1.54) is 86.1 Å². The fourth-order valence-electron chi connectivity index (χ4n) is 9.00. The lowest BCUT2D eigenvalue weighted by atomic mass is 9.58. The zero-order valence-corrected chi connectivity index (χ0v) is 20.4. The van der Waals surface area contributed by atoms with Crippen LogP contribution < -0.4 is 5.32 Å². The van der Waals surface area contributed by atoms with E-state index in [9.17, 15) is 0 Å². The lowest BCUT2D eigenvalue weighted by molar-refractivity contribution is -0.136. The highest BCUT2D eigenvalue weighted by molar-refractivity contribution is 5.82. The first kappa shape index (κ1) is 20.2. The summed E-state index contributed by atoms with van der Waals surface area (Å²) < 4.78 is 7.46. The van der Waals surface area contributed by atoms with Gasteiger partial charge in [0.25, 0.3) is 0 Å². The average Bonchev–Trinajstić information content (AvgIpc) is 3.52. The molecule has 2 bridgehead atoms. The third-order valence-electron chi connectivity index (χ3n) is 10.8. The molecule has 0 amide bonds. The smallest absolute Gasteiger partial charge is 0.0974 e. The summed E-state index contributed by atoms with van der Waals surface area (Å²) in [5.41, 5.74) is 4.87. The largest absolute Gasteiger partial charge is 0.359 e. The van der Waals surface area contributed by atoms with E-state index in [0.29, 0.717) is 17.9 Å². The molecule has 176 valence electrons. The number of ether oxygens (including phenoxy) is 1. The fourth-order valence-corrected chi connectivity index (χ4v) is 9.00. The highest BCUT2D eigenvalue weighted by Crippen LogP contribution is 2.69. The average molecular weight is 453 g/mol. The molecule has 2 aliphatic heterocycles. The first-order valence-corrected chi connectivity index (χ1v) is 13.8. The van der Waals surface area contributed by atoms with Crippen LogP contribution in [-0.2, 0) is 4.74 Å². The molecule has 3 heterocycles. The van der Waals surface area contributed by atoms with Gasteiger partial charge in [-0.25, -0.2) is 0 Å². The number of pyridine rings is 1. The second kappa shape index (κ2) is 6.83. The third-order valence-corrected chi connectivity index (χ3v) is 10.8. The molecule has 2 unspecified atom stereocenters. The fraction of sp³-hybridized carbons (Fsp3) is 0.581. The number of nitrogens with one attached hydrogen (secondary N) is 1. The van der Waals surface area contributed by atoms with Gasteiger partial charge in [0.05, 0.1) is 11.2 Å². The van der Waals surface area contributed by atoms with E-state index < -0.39 is 0 Å². The molecule has 3 nitrogen and oxygen atoms in total. The van der Waals surface area contributed by atoms with E-state index in [-0.39, 0.29) is 16.6 Å². The van der Waals surface area contributed by atoms with Crippen LogP contribution in [0.4, 0.5) is 0 Å². The van der Waals surface area contributed by atoms with Gasteiger partial charge in [-0.15, -0.1) is 0 Å². The molecule has 34 heavy (non-hydrogen) atoms. The maximum Gasteiger partial charge on any atom is 0.0974 e. The molecule has 1 aromatic heterocycles. The molecule has 6 atom stereocenters. The summed E-state index contributed by atoms with van der Waals surface area (Å²) in [5.74, 6) is 1.21. The minimum Gasteiger partial charge on any atom is -0.359 e. The SMILES string of the molecule is C[C@]12CC=C3C=C4CCC(NC5CC5)C[C@]45CC[C@]3(O5)[C@@H]1CCC2c1ccc2ccncc2c1. The molecule has 1 N–H and O–H groups in total. The van der Waals surface area contributed by atoms with Gasteiger partial charge in [0.2, 0.25) is 0 Å². The minimum atomic E-state index is -0.0505. The van der Waals surface area contributed by atoms with Crippen molar-refractivity contribution in [2.45, 2.75) is 100 Å². The monoisotopic (exact) mass is 452 g/mol. The molecule has 1 aromatic carbocycles. The van der Waals surface area contributed by atoms with Gasteiger partial charge in [-0.3, -0.25) is 4.98 Å². The molecule has 4 fully saturated rings. The first-order valence-electron chi connectivity index (χ1n) is 13.8. The van der Waals surface area contributed by atoms with Crippen LogP contribution in [-0.4, -0.2) is 28.3 Å². The standard InChI is InChI=1S/C31H36N2O/c1-29-12-10-24-17-23-4-5-26(33-25-6-7-25)18-30(23)13-14-31(24,34-30)28(29)9-8-27(29)21-3-2-20-11-15-32-19-22(20)16-21/h2-3,10-11,15-17,19,25-28,33H,4-9,12-14,18H2,1H3/t26?,27?,28-,29-,30-,31-/m1/s1. The van der Waals surface area contributed by atoms with Gasteiger partial charge < -0.3 is 10.1 Å². The predicted molar refractivity (Wildman–Crippen MR) is 136 cm³/mol. The number of hydrogen-bond donors (Lipinski definition) is 1. The van der Waals surface area contributed by atoms with E-state index >= 15 is 0 Å². The summed E-state index contributed by atoms with van der Waals surface area (Å²) in [6.07, 6.45) is 21.7. The van der Waals surface area contributed by atoms with Gasteiger partial charge in [-0.05, 0) is 116 Å². The molecule has 4 aliphatic carbocycles. The Bertz CT molecular complexity index is 1240. The second-order valence-corrected chi connectivity index (χ2v) is 12.6. The van der Waals surface area contributed by atoms with Crippen LogP contribution in [0.15, 0.2) is 60.0 Å². The highest BCUT2D eigenvalue weighted by Gasteiger charge is 2.66. The molecule has 6 aliphatic rings. The zero-order chi connectivity index (χ0) is 22.5. The van der Waals surface area contributed by atoms with Crippen molar-refractivity contribution in [2.24, 2.45) is 11.3 Å². The number of rotatable bonds is 3. The van der Waals surface area contributed by atoms with Crippen molar-refractivity contribution >= 4 is 10.8 Å². The van der Waals surface area contributed by atoms with Gasteiger partial charge in [-0.1, -0.05) is 31.2 Å². The Morgan fingerprint density at radius 2 is 1.94 bits per heavy atom. The van der Waals surface area contributed by atoms with Crippen molar-refractivity contribution in [3.05, 3.63) is 65.5 Å². The normalized spacial score (nSPS) is 42.6. The Morgan fingerprint density at radius 3 is 2.85 bits per heavy atom. The molecule has 2 aromatic rings. The van der Waals surface area contributed by atoms with Crippen LogP contribution in [0, 0.1) is 11.3 Å². The maximum atomic E-state index is 7.46. The minimum absolute atomic E-state index is 0.00705. The van der Waals surface area contributed by atoms with E-state index in [1.807, 2.05) is 12.4 Å². The van der Waals surface area contributed by atoms with Crippen molar-refractivity contribution in [3.8, 4) is 0 Å². The lowest BCUT2D eigenvalue weighted by Crippen LogP contribution is -2.55. The van der Waals surface area contributed by atoms with Crippen LogP contribution in [0.3, 0.4) is 0 Å². The number of nitrogens with zero attached hydrogens (tertiary/aromatic N) is 1. The summed E-state index contributed by atoms with van der Waals surface area (Å²) in [6.45, 7) is 2.58. The number of aromatic nitrogens is 1. The third kappa shape index (κ3) is 2.69. The molecule has 3 heteroatoms. The van der Waals surface area contributed by atoms with E-state index in [4.69, 9.17) is 4.74 Å². The van der Waals surface area contributed by atoms with Gasteiger partial charge in [0.1, 0.15) is 0 Å². The molecule has 2 spiro atoms. The van der Waals surface area contributed by atoms with Gasteiger partial charge >= 0.3 is 0 Å². The zero-order valence-electron chi connectivity index (χ0n) is 20.4. The predicted octanol–water partition coefficient (Wildman–Crippen LogP) is 6.60. The summed E-state index contributed by atoms with van der Waals surface area (Å²) >= 11 is 0. The number of hydrogen-bond acceptors (Lipinski definition) is 3. The number of benzene rings is 1. The topological polar surface area (TPSA) is 34.1 Å². The van der Waals surface area contributed by atoms with Crippen LogP contribution in [0.5, 0.6) is 0 Å². The Kier molecular flexibility index (Phi) is 4.06. The van der Waals surface area contributed by atoms with E-state index in [0.717, 1.165) is 6.04 Å². The van der Waals surface area contributed by atoms with Crippen LogP contribution in [0.25, 0.3) is 10.8 Å². The Morgan fingerprint density at radius 1 is 1.00 bits per heavy atom. The Balaban J connectivity index is 1.15. The first-order chi connectivity index (χ1) is 16.6. The van der Waals surface area contributed by atoms with Gasteiger partial charge in [0, 0.05) is 29.9 Å². The second-order valence-electron chi connectivity index (χ2n) is 12.6. The molecular formula is C31H36N2O. The van der Waals surface area contributed by atoms with Crippen molar-refractivity contribution in [1.82, 2.24) is 10.3 Å². The quantitative estimate of drug-likeness (QED) is 0.570. The molecule has 8 rings (SSSR count). The maximum absolute atomic E-state index is 7.46. The van der Waals surface area contributed by atoms with Crippen LogP contribution >= 0.6 is 0 Å². The van der Waals surface area contributed by atoms with Gasteiger partial charge in [-0.2, -0.15) is 0 Å². The molecular weight excluding hydrogens is 416 g/mol. The molecule has 1 saturated heterocycles. The molecule has 0 radical (unpaired) electrons. The van der Waals surface area contributed by atoms with Crippen LogP contribution in [0.2, 0.25) is 0 Å². The highest BCUT2D eigenvalue weighted by atomic mass is 16.5. The Labute approximate surface area is 203 Å². The van der Waals surface area contributed by atoms with Crippen molar-refractivity contribution in [1.29, 1.82) is 0 Å².